The van der Waals surface area contributed by atoms with Gasteiger partial charge in [0.1, 0.15) is 11.6 Å². The molecule has 0 bridgehead atoms. The summed E-state index contributed by atoms with van der Waals surface area (Å²) in [5.41, 5.74) is 0.606. The van der Waals surface area contributed by atoms with Gasteiger partial charge in [0.25, 0.3) is 0 Å². The van der Waals surface area contributed by atoms with E-state index in [1.165, 1.54) is 4.90 Å². The summed E-state index contributed by atoms with van der Waals surface area (Å²) >= 11 is 0. The van der Waals surface area contributed by atoms with E-state index in [0.717, 1.165) is 0 Å². The molecule has 1 rings (SSSR count). The summed E-state index contributed by atoms with van der Waals surface area (Å²) < 4.78 is 5.38. The van der Waals surface area contributed by atoms with Crippen molar-refractivity contribution in [2.24, 2.45) is 0 Å². The van der Waals surface area contributed by atoms with Crippen LogP contribution in [0.25, 0.3) is 0 Å². The van der Waals surface area contributed by atoms with Crippen LogP contribution in [0.5, 0.6) is 5.75 Å². The average Bonchev–Trinajstić information content (AvgIpc) is 2.21. The molecule has 1 aromatic rings. The smallest absolute Gasteiger partial charge is 0.190 e. The fraction of sp³-hybridized carbons (Fsp3) is 0.273. The lowest BCUT2D eigenvalue weighted by Gasteiger charge is -2.17. The van der Waals surface area contributed by atoms with Crippen LogP contribution in [-0.4, -0.2) is 12.4 Å². The first-order valence-electron chi connectivity index (χ1n) is 4.67. The highest BCUT2D eigenvalue weighted by Gasteiger charge is 2.12. The normalized spacial score (nSPS) is 9.13. The van der Waals surface area contributed by atoms with Gasteiger partial charge in [0.2, 0.25) is 0 Å². The molecule has 15 heavy (non-hydrogen) atoms. The molecule has 1 aromatic carbocycles. The van der Waals surface area contributed by atoms with Crippen molar-refractivity contribution in [3.05, 3.63) is 24.3 Å². The highest BCUT2D eigenvalue weighted by molar-refractivity contribution is 5.97. The largest absolute Gasteiger partial charge is 0.492 e. The molecule has 0 radical (unpaired) electrons. The third-order valence-electron chi connectivity index (χ3n) is 1.84. The first-order valence-corrected chi connectivity index (χ1v) is 4.67. The summed E-state index contributed by atoms with van der Waals surface area (Å²) in [4.78, 5) is 1.23. The maximum Gasteiger partial charge on any atom is 0.190 e. The van der Waals surface area contributed by atoms with Gasteiger partial charge in [-0.3, -0.25) is 5.41 Å². The van der Waals surface area contributed by atoms with E-state index in [2.05, 4.69) is 0 Å². The Bertz CT molecular complexity index is 395. The van der Waals surface area contributed by atoms with Gasteiger partial charge in [-0.1, -0.05) is 12.1 Å². The summed E-state index contributed by atoms with van der Waals surface area (Å²) in [6.07, 6.45) is 1.95. The predicted octanol–water partition coefficient (Wildman–Crippen LogP) is 2.37. The molecule has 0 amide bonds. The highest BCUT2D eigenvalue weighted by atomic mass is 16.5. The Kier molecular flexibility index (Phi) is 3.69. The summed E-state index contributed by atoms with van der Waals surface area (Å²) in [5.74, 6) is 0.790. The number of anilines is 1. The Morgan fingerprint density at radius 2 is 2.20 bits per heavy atom. The Labute approximate surface area is 89.2 Å². The zero-order valence-electron chi connectivity index (χ0n) is 8.82. The van der Waals surface area contributed by atoms with E-state index in [9.17, 15) is 0 Å². The number of benzene rings is 1. The third kappa shape index (κ3) is 2.47. The van der Waals surface area contributed by atoms with Crippen LogP contribution in [0.15, 0.2) is 24.3 Å². The number of hydrogen-bond acceptors (Lipinski definition) is 3. The fourth-order valence-corrected chi connectivity index (χ4v) is 1.23. The lowest BCUT2D eigenvalue weighted by atomic mass is 10.2. The van der Waals surface area contributed by atoms with E-state index < -0.39 is 0 Å². The van der Waals surface area contributed by atoms with E-state index in [1.54, 1.807) is 19.1 Å². The summed E-state index contributed by atoms with van der Waals surface area (Å²) in [7, 11) is 0. The summed E-state index contributed by atoms with van der Waals surface area (Å²) in [6, 6.07) is 7.19. The lowest BCUT2D eigenvalue weighted by molar-refractivity contribution is 0.341. The number of rotatable bonds is 3. The molecule has 0 spiro atoms. The van der Waals surface area contributed by atoms with Crippen molar-refractivity contribution in [3.8, 4) is 11.9 Å². The maximum atomic E-state index is 8.92. The van der Waals surface area contributed by atoms with E-state index in [0.29, 0.717) is 18.0 Å². The predicted molar refractivity (Wildman–Crippen MR) is 59.1 cm³/mol. The molecule has 0 aromatic heterocycles. The zero-order chi connectivity index (χ0) is 11.3. The number of hydrogen-bond donors (Lipinski definition) is 1. The topological polar surface area (TPSA) is 60.1 Å². The second kappa shape index (κ2) is 5.01. The van der Waals surface area contributed by atoms with Crippen molar-refractivity contribution < 1.29 is 4.74 Å². The van der Waals surface area contributed by atoms with Crippen LogP contribution >= 0.6 is 0 Å². The second-order valence-electron chi connectivity index (χ2n) is 2.92. The fourth-order valence-electron chi connectivity index (χ4n) is 1.23. The minimum Gasteiger partial charge on any atom is -0.492 e. The molecule has 0 atom stereocenters. The number of nitriles is 1. The molecule has 0 aliphatic carbocycles. The Hall–Kier alpha value is -2.02. The molecule has 0 aliphatic rings. The first-order chi connectivity index (χ1) is 7.20. The molecule has 0 heterocycles. The minimum absolute atomic E-state index is 0.171. The van der Waals surface area contributed by atoms with Crippen LogP contribution in [0, 0.1) is 16.9 Å². The van der Waals surface area contributed by atoms with Gasteiger partial charge in [0, 0.05) is 0 Å². The highest BCUT2D eigenvalue weighted by Crippen LogP contribution is 2.27. The maximum absolute atomic E-state index is 8.92. The van der Waals surface area contributed by atoms with E-state index in [4.69, 9.17) is 15.4 Å². The van der Waals surface area contributed by atoms with Gasteiger partial charge >= 0.3 is 0 Å². The van der Waals surface area contributed by atoms with Crippen molar-refractivity contribution in [3.63, 3.8) is 0 Å². The summed E-state index contributed by atoms with van der Waals surface area (Å²) in [6.45, 7) is 3.98. The number of ether oxygens (including phenoxy) is 1. The zero-order valence-corrected chi connectivity index (χ0v) is 8.82. The number of amidine groups is 1. The average molecular weight is 203 g/mol. The van der Waals surface area contributed by atoms with E-state index in [-0.39, 0.29) is 5.84 Å². The van der Waals surface area contributed by atoms with Crippen LogP contribution in [0.3, 0.4) is 0 Å². The van der Waals surface area contributed by atoms with Crippen molar-refractivity contribution in [2.75, 3.05) is 11.5 Å². The summed E-state index contributed by atoms with van der Waals surface area (Å²) in [5, 5.41) is 16.4. The molecule has 4 heteroatoms. The monoisotopic (exact) mass is 203 g/mol. The molecule has 0 saturated carbocycles. The van der Waals surface area contributed by atoms with Gasteiger partial charge in [0.15, 0.2) is 6.19 Å². The van der Waals surface area contributed by atoms with Gasteiger partial charge in [-0.25, -0.2) is 4.90 Å². The second-order valence-corrected chi connectivity index (χ2v) is 2.92. The number of nitrogens with zero attached hydrogens (tertiary/aromatic N) is 2. The van der Waals surface area contributed by atoms with Crippen molar-refractivity contribution in [1.29, 1.82) is 10.7 Å². The first kappa shape index (κ1) is 11.1. The molecular weight excluding hydrogens is 190 g/mol. The van der Waals surface area contributed by atoms with Crippen LogP contribution < -0.4 is 9.64 Å². The molecule has 4 nitrogen and oxygen atoms in total. The lowest BCUT2D eigenvalue weighted by Crippen LogP contribution is -2.22. The van der Waals surface area contributed by atoms with Gasteiger partial charge < -0.3 is 4.74 Å². The number of para-hydroxylation sites is 2. The quantitative estimate of drug-likeness (QED) is 0.355. The van der Waals surface area contributed by atoms with Crippen LogP contribution in [0.2, 0.25) is 0 Å². The molecule has 0 aliphatic heterocycles. The van der Waals surface area contributed by atoms with Crippen molar-refractivity contribution in [1.82, 2.24) is 0 Å². The molecular formula is C11H13N3O. The standard InChI is InChI=1S/C11H13N3O/c1-3-15-11-7-5-4-6-10(11)14(8-12)9(2)13/h4-7,13H,3H2,1-2H3. The molecule has 0 fully saturated rings. The van der Waals surface area contributed by atoms with Crippen molar-refractivity contribution in [2.45, 2.75) is 13.8 Å². The van der Waals surface area contributed by atoms with Crippen LogP contribution in [-0.2, 0) is 0 Å². The van der Waals surface area contributed by atoms with Gasteiger partial charge in [-0.2, -0.15) is 5.26 Å². The SMILES string of the molecule is CCOc1ccccc1N(C#N)C(C)=N. The van der Waals surface area contributed by atoms with E-state index in [1.807, 2.05) is 25.2 Å². The molecule has 78 valence electrons. The van der Waals surface area contributed by atoms with Crippen LogP contribution in [0.1, 0.15) is 13.8 Å². The molecule has 0 saturated heterocycles. The van der Waals surface area contributed by atoms with Crippen LogP contribution in [0.4, 0.5) is 5.69 Å². The Morgan fingerprint density at radius 3 is 2.73 bits per heavy atom. The minimum atomic E-state index is 0.171. The molecule has 0 unspecified atom stereocenters. The Balaban J connectivity index is 3.12. The van der Waals surface area contributed by atoms with E-state index >= 15 is 0 Å². The molecule has 1 N–H and O–H groups in total. The number of nitrogens with one attached hydrogen (secondary N) is 1. The van der Waals surface area contributed by atoms with Gasteiger partial charge in [-0.15, -0.1) is 0 Å². The van der Waals surface area contributed by atoms with Crippen molar-refractivity contribution >= 4 is 11.5 Å². The van der Waals surface area contributed by atoms with Gasteiger partial charge in [-0.05, 0) is 26.0 Å². The van der Waals surface area contributed by atoms with Gasteiger partial charge in [0.05, 0.1) is 12.3 Å². The third-order valence-corrected chi connectivity index (χ3v) is 1.84. The Morgan fingerprint density at radius 1 is 1.53 bits per heavy atom.